The first-order valence-electron chi connectivity index (χ1n) is 8.85. The molecule has 2 N–H and O–H groups in total. The van der Waals surface area contributed by atoms with Crippen LogP contribution in [0.5, 0.6) is 0 Å². The Labute approximate surface area is 142 Å². The Balaban J connectivity index is 2.29. The van der Waals surface area contributed by atoms with E-state index in [9.17, 15) is 4.79 Å². The van der Waals surface area contributed by atoms with E-state index in [1.165, 1.54) is 0 Å². The number of carbonyl (C=O) groups is 1. The van der Waals surface area contributed by atoms with Gasteiger partial charge in [-0.25, -0.2) is 4.79 Å². The third-order valence-electron chi connectivity index (χ3n) is 4.33. The highest BCUT2D eigenvalue weighted by molar-refractivity contribution is 6.76. The highest BCUT2D eigenvalue weighted by Crippen LogP contribution is 2.27. The minimum Gasteiger partial charge on any atom is -0.450 e. The summed E-state index contributed by atoms with van der Waals surface area (Å²) in [5.74, 6) is 0.583. The number of amides is 1. The Kier molecular flexibility index (Phi) is 8.04. The van der Waals surface area contributed by atoms with E-state index in [4.69, 9.17) is 15.2 Å². The summed E-state index contributed by atoms with van der Waals surface area (Å²) >= 11 is 0. The van der Waals surface area contributed by atoms with Gasteiger partial charge in [0.25, 0.3) is 0 Å². The fraction of sp³-hybridized carbons (Fsp3) is 0.941. The number of ether oxygens (including phenoxy) is 2. The molecule has 0 radical (unpaired) electrons. The van der Waals surface area contributed by atoms with Gasteiger partial charge < -0.3 is 20.1 Å². The molecule has 5 nitrogen and oxygen atoms in total. The van der Waals surface area contributed by atoms with Crippen LogP contribution in [-0.2, 0) is 9.47 Å². The van der Waals surface area contributed by atoms with Gasteiger partial charge in [-0.3, -0.25) is 0 Å². The Bertz CT molecular complexity index is 363. The molecule has 0 bridgehead atoms. The minimum absolute atomic E-state index is 0.00737. The van der Waals surface area contributed by atoms with Crippen molar-refractivity contribution in [3.8, 4) is 0 Å². The summed E-state index contributed by atoms with van der Waals surface area (Å²) in [5.41, 5.74) is 6.25. The van der Waals surface area contributed by atoms with Gasteiger partial charge in [0.1, 0.15) is 0 Å². The number of likely N-dealkylation sites (N-methyl/N-ethyl adjacent to an activating group) is 1. The molecule has 1 heterocycles. The molecule has 0 aromatic carbocycles. The Hall–Kier alpha value is -0.593. The normalized spacial score (nSPS) is 26.7. The maximum Gasteiger partial charge on any atom is 0.409 e. The number of nitrogens with two attached hydrogens (primary N) is 1. The largest absolute Gasteiger partial charge is 0.450 e. The molecule has 0 unspecified atom stereocenters. The zero-order valence-electron chi connectivity index (χ0n) is 15.8. The molecule has 1 aliphatic rings. The van der Waals surface area contributed by atoms with Gasteiger partial charge in [0.15, 0.2) is 0 Å². The smallest absolute Gasteiger partial charge is 0.409 e. The van der Waals surface area contributed by atoms with Gasteiger partial charge in [0.05, 0.1) is 18.8 Å². The molecular formula is C17H36N2O3Si. The molecule has 0 aromatic heterocycles. The van der Waals surface area contributed by atoms with E-state index >= 15 is 0 Å². The Morgan fingerprint density at radius 2 is 1.87 bits per heavy atom. The van der Waals surface area contributed by atoms with Crippen LogP contribution in [0.1, 0.15) is 33.1 Å². The van der Waals surface area contributed by atoms with Gasteiger partial charge in [-0.2, -0.15) is 0 Å². The van der Waals surface area contributed by atoms with Gasteiger partial charge in [-0.15, -0.1) is 0 Å². The molecule has 0 spiro atoms. The van der Waals surface area contributed by atoms with Crippen LogP contribution in [0, 0.1) is 5.92 Å². The maximum absolute atomic E-state index is 12.0. The Morgan fingerprint density at radius 3 is 2.39 bits per heavy atom. The van der Waals surface area contributed by atoms with Crippen LogP contribution in [0.25, 0.3) is 0 Å². The van der Waals surface area contributed by atoms with Gasteiger partial charge in [-0.1, -0.05) is 19.6 Å². The summed E-state index contributed by atoms with van der Waals surface area (Å²) in [4.78, 5) is 13.6. The lowest BCUT2D eigenvalue weighted by molar-refractivity contribution is -0.0546. The first-order chi connectivity index (χ1) is 10.6. The van der Waals surface area contributed by atoms with Gasteiger partial charge >= 0.3 is 6.09 Å². The van der Waals surface area contributed by atoms with Crippen molar-refractivity contribution in [3.63, 3.8) is 0 Å². The van der Waals surface area contributed by atoms with E-state index in [2.05, 4.69) is 33.5 Å². The zero-order chi connectivity index (χ0) is 17.6. The van der Waals surface area contributed by atoms with Crippen molar-refractivity contribution in [2.24, 2.45) is 11.7 Å². The van der Waals surface area contributed by atoms with Crippen LogP contribution in [0.3, 0.4) is 0 Å². The molecule has 1 saturated heterocycles. The van der Waals surface area contributed by atoms with Crippen molar-refractivity contribution < 1.29 is 14.3 Å². The SMILES string of the molecule is C[C@@H]1C[C@H](C[C@H](N)CN(C)C(=O)OCC[Si](C)(C)C)C[C@H](C)O1. The summed E-state index contributed by atoms with van der Waals surface area (Å²) < 4.78 is 11.1. The number of hydrogen-bond acceptors (Lipinski definition) is 4. The number of carbonyl (C=O) groups excluding carboxylic acids is 1. The first-order valence-corrected chi connectivity index (χ1v) is 12.6. The van der Waals surface area contributed by atoms with E-state index in [1.807, 2.05) is 0 Å². The molecule has 1 amide bonds. The molecular weight excluding hydrogens is 308 g/mol. The van der Waals surface area contributed by atoms with Gasteiger partial charge in [0.2, 0.25) is 0 Å². The number of nitrogens with zero attached hydrogens (tertiary/aromatic N) is 1. The molecule has 1 aliphatic heterocycles. The molecule has 23 heavy (non-hydrogen) atoms. The molecule has 4 atom stereocenters. The zero-order valence-corrected chi connectivity index (χ0v) is 16.8. The van der Waals surface area contributed by atoms with Crippen molar-refractivity contribution >= 4 is 14.2 Å². The molecule has 0 aromatic rings. The highest BCUT2D eigenvalue weighted by atomic mass is 28.3. The standard InChI is InChI=1S/C17H36N2O3Si/c1-13-9-15(10-14(2)22-13)11-16(18)12-19(3)17(20)21-7-8-23(4,5)6/h13-16H,7-12,18H2,1-6H3/t13-,14+,15+,16-/m0/s1. The monoisotopic (exact) mass is 344 g/mol. The Morgan fingerprint density at radius 1 is 1.30 bits per heavy atom. The second-order valence-corrected chi connectivity index (χ2v) is 14.0. The van der Waals surface area contributed by atoms with Crippen molar-refractivity contribution in [1.82, 2.24) is 4.90 Å². The summed E-state index contributed by atoms with van der Waals surface area (Å²) in [6, 6.07) is 0.989. The summed E-state index contributed by atoms with van der Waals surface area (Å²) in [6.07, 6.45) is 3.41. The highest BCUT2D eigenvalue weighted by Gasteiger charge is 2.26. The second kappa shape index (κ2) is 9.04. The molecule has 0 aliphatic carbocycles. The van der Waals surface area contributed by atoms with Crippen molar-refractivity contribution in [2.75, 3.05) is 20.2 Å². The van der Waals surface area contributed by atoms with E-state index in [1.54, 1.807) is 11.9 Å². The van der Waals surface area contributed by atoms with Gasteiger partial charge in [-0.05, 0) is 45.1 Å². The average molecular weight is 345 g/mol. The first kappa shape index (κ1) is 20.5. The lowest BCUT2D eigenvalue weighted by atomic mass is 9.87. The van der Waals surface area contributed by atoms with E-state index < -0.39 is 8.07 Å². The fourth-order valence-corrected chi connectivity index (χ4v) is 3.93. The summed E-state index contributed by atoms with van der Waals surface area (Å²) in [7, 11) is 0.604. The maximum atomic E-state index is 12.0. The lowest BCUT2D eigenvalue weighted by Gasteiger charge is -2.34. The fourth-order valence-electron chi connectivity index (χ4n) is 3.22. The van der Waals surface area contributed by atoms with Crippen molar-refractivity contribution in [3.05, 3.63) is 0 Å². The summed E-state index contributed by atoms with van der Waals surface area (Å²) in [6.45, 7) is 12.1. The molecule has 136 valence electrons. The van der Waals surface area contributed by atoms with Crippen LogP contribution >= 0.6 is 0 Å². The molecule has 1 fully saturated rings. The van der Waals surface area contributed by atoms with Crippen LogP contribution in [0.2, 0.25) is 25.7 Å². The van der Waals surface area contributed by atoms with Crippen LogP contribution in [0.4, 0.5) is 4.79 Å². The van der Waals surface area contributed by atoms with E-state index in [-0.39, 0.29) is 12.1 Å². The second-order valence-electron chi connectivity index (χ2n) is 8.40. The third-order valence-corrected chi connectivity index (χ3v) is 6.03. The van der Waals surface area contributed by atoms with Crippen LogP contribution in [0.15, 0.2) is 0 Å². The molecule has 6 heteroatoms. The van der Waals surface area contributed by atoms with E-state index in [0.717, 1.165) is 25.3 Å². The van der Waals surface area contributed by atoms with Crippen molar-refractivity contribution in [2.45, 2.75) is 77.0 Å². The lowest BCUT2D eigenvalue weighted by Crippen LogP contribution is -2.41. The number of rotatable bonds is 7. The predicted octanol–water partition coefficient (Wildman–Crippen LogP) is 3.31. The third kappa shape index (κ3) is 8.72. The molecule has 0 saturated carbocycles. The minimum atomic E-state index is -1.17. The average Bonchev–Trinajstić information content (AvgIpc) is 2.35. The topological polar surface area (TPSA) is 64.8 Å². The van der Waals surface area contributed by atoms with E-state index in [0.29, 0.717) is 31.3 Å². The molecule has 1 rings (SSSR count). The van der Waals surface area contributed by atoms with Crippen LogP contribution in [-0.4, -0.2) is 57.5 Å². The summed E-state index contributed by atoms with van der Waals surface area (Å²) in [5, 5.41) is 0. The number of hydrogen-bond donors (Lipinski definition) is 1. The van der Waals surface area contributed by atoms with Crippen LogP contribution < -0.4 is 5.73 Å². The quantitative estimate of drug-likeness (QED) is 0.720. The van der Waals surface area contributed by atoms with Gasteiger partial charge in [0, 0.05) is 27.7 Å². The predicted molar refractivity (Wildman–Crippen MR) is 97.5 cm³/mol. The van der Waals surface area contributed by atoms with Crippen molar-refractivity contribution in [1.29, 1.82) is 0 Å².